The highest BCUT2D eigenvalue weighted by Crippen LogP contribution is 2.11. The molecule has 1 aromatic rings. The maximum Gasteiger partial charge on any atom is 0.322 e. The van der Waals surface area contributed by atoms with Crippen molar-refractivity contribution in [2.75, 3.05) is 0 Å². The molecule has 0 saturated heterocycles. The van der Waals surface area contributed by atoms with Crippen LogP contribution in [0.4, 0.5) is 0 Å². The lowest BCUT2D eigenvalue weighted by molar-refractivity contribution is -0.140. The minimum absolute atomic E-state index is 0.0619. The molecule has 17 heavy (non-hydrogen) atoms. The van der Waals surface area contributed by atoms with Crippen LogP contribution in [0.15, 0.2) is 23.4 Å². The third-order valence-electron chi connectivity index (χ3n) is 2.33. The van der Waals surface area contributed by atoms with Gasteiger partial charge in [-0.15, -0.1) is 0 Å². The molecule has 7 heteroatoms. The first kappa shape index (κ1) is 13.7. The molecule has 96 valence electrons. The molecular formula is C10H16N2O4S. The number of sulfonamides is 1. The number of carbonyl (C=O) groups is 1. The Morgan fingerprint density at radius 2 is 2.06 bits per heavy atom. The van der Waals surface area contributed by atoms with Gasteiger partial charge in [-0.05, 0) is 12.0 Å². The van der Waals surface area contributed by atoms with Gasteiger partial charge >= 0.3 is 5.97 Å². The van der Waals surface area contributed by atoms with E-state index in [1.807, 2.05) is 0 Å². The van der Waals surface area contributed by atoms with Crippen LogP contribution < -0.4 is 4.72 Å². The second kappa shape index (κ2) is 4.89. The maximum absolute atomic E-state index is 11.9. The predicted molar refractivity (Wildman–Crippen MR) is 62.0 cm³/mol. The van der Waals surface area contributed by atoms with E-state index in [4.69, 9.17) is 5.11 Å². The van der Waals surface area contributed by atoms with Gasteiger partial charge in [0.15, 0.2) is 0 Å². The Morgan fingerprint density at radius 1 is 1.47 bits per heavy atom. The smallest absolute Gasteiger partial charge is 0.322 e. The highest BCUT2D eigenvalue weighted by molar-refractivity contribution is 7.89. The number of aliphatic carboxylic acids is 1. The number of carboxylic acids is 1. The average Bonchev–Trinajstić information content (AvgIpc) is 2.61. The fourth-order valence-electron chi connectivity index (χ4n) is 1.34. The van der Waals surface area contributed by atoms with Gasteiger partial charge in [0.05, 0.1) is 4.90 Å². The van der Waals surface area contributed by atoms with Gasteiger partial charge in [0.1, 0.15) is 6.04 Å². The summed E-state index contributed by atoms with van der Waals surface area (Å²) in [6.45, 7) is 3.29. The monoisotopic (exact) mass is 260 g/mol. The summed E-state index contributed by atoms with van der Waals surface area (Å²) in [6, 6.07) is 0.293. The third-order valence-corrected chi connectivity index (χ3v) is 3.76. The first-order valence-corrected chi connectivity index (χ1v) is 6.59. The van der Waals surface area contributed by atoms with E-state index in [1.165, 1.54) is 12.3 Å². The zero-order chi connectivity index (χ0) is 13.2. The number of hydrogen-bond donors (Lipinski definition) is 2. The Hall–Kier alpha value is -1.34. The van der Waals surface area contributed by atoms with Gasteiger partial charge in [-0.2, -0.15) is 4.72 Å². The Kier molecular flexibility index (Phi) is 3.94. The Balaban J connectivity index is 2.97. The molecular weight excluding hydrogens is 244 g/mol. The quantitative estimate of drug-likeness (QED) is 0.802. The summed E-state index contributed by atoms with van der Waals surface area (Å²) in [4.78, 5) is 11.0. The van der Waals surface area contributed by atoms with Crippen molar-refractivity contribution in [3.63, 3.8) is 0 Å². The number of hydrogen-bond acceptors (Lipinski definition) is 3. The van der Waals surface area contributed by atoms with Crippen LogP contribution in [-0.2, 0) is 21.9 Å². The second-order valence-electron chi connectivity index (χ2n) is 4.19. The van der Waals surface area contributed by atoms with Crippen LogP contribution in [0.2, 0.25) is 0 Å². The molecule has 0 amide bonds. The molecule has 0 aliphatic rings. The Bertz CT molecular complexity index is 504. The lowest BCUT2D eigenvalue weighted by atomic mass is 10.1. The predicted octanol–water partition coefficient (Wildman–Crippen LogP) is 0.413. The van der Waals surface area contributed by atoms with E-state index in [-0.39, 0.29) is 10.8 Å². The topological polar surface area (TPSA) is 88.4 Å². The van der Waals surface area contributed by atoms with Crippen molar-refractivity contribution in [2.24, 2.45) is 13.0 Å². The molecule has 0 aromatic carbocycles. The molecule has 0 bridgehead atoms. The van der Waals surface area contributed by atoms with Gasteiger partial charge in [0.2, 0.25) is 10.0 Å². The highest BCUT2D eigenvalue weighted by Gasteiger charge is 2.28. The zero-order valence-electron chi connectivity index (χ0n) is 9.91. The molecule has 0 fully saturated rings. The van der Waals surface area contributed by atoms with E-state index >= 15 is 0 Å². The SMILES string of the molecule is CC(C)C(NS(=O)(=O)c1ccn(C)c1)C(=O)O. The summed E-state index contributed by atoms with van der Waals surface area (Å²) in [5, 5.41) is 8.93. The van der Waals surface area contributed by atoms with Crippen molar-refractivity contribution < 1.29 is 18.3 Å². The minimum atomic E-state index is -3.78. The molecule has 1 rings (SSSR count). The van der Waals surface area contributed by atoms with E-state index in [9.17, 15) is 13.2 Å². The molecule has 6 nitrogen and oxygen atoms in total. The first-order valence-electron chi connectivity index (χ1n) is 5.11. The van der Waals surface area contributed by atoms with Crippen molar-refractivity contribution in [1.82, 2.24) is 9.29 Å². The first-order chi connectivity index (χ1) is 7.74. The van der Waals surface area contributed by atoms with Gasteiger partial charge in [-0.3, -0.25) is 4.79 Å². The number of nitrogens with zero attached hydrogens (tertiary/aromatic N) is 1. The van der Waals surface area contributed by atoms with Crippen LogP contribution in [0.3, 0.4) is 0 Å². The number of rotatable bonds is 5. The normalized spacial score (nSPS) is 13.9. The summed E-state index contributed by atoms with van der Waals surface area (Å²) in [5.41, 5.74) is 0. The third kappa shape index (κ3) is 3.31. The fraction of sp³-hybridized carbons (Fsp3) is 0.500. The molecule has 0 spiro atoms. The minimum Gasteiger partial charge on any atom is -0.480 e. The van der Waals surface area contributed by atoms with E-state index < -0.39 is 22.0 Å². The van der Waals surface area contributed by atoms with Crippen molar-refractivity contribution in [2.45, 2.75) is 24.8 Å². The molecule has 0 aliphatic carbocycles. The van der Waals surface area contributed by atoms with Crippen LogP contribution in [-0.4, -0.2) is 30.1 Å². The second-order valence-corrected chi connectivity index (χ2v) is 5.91. The number of aryl methyl sites for hydroxylation is 1. The summed E-state index contributed by atoms with van der Waals surface area (Å²) in [5.74, 6) is -1.51. The summed E-state index contributed by atoms with van der Waals surface area (Å²) >= 11 is 0. The lowest BCUT2D eigenvalue weighted by Crippen LogP contribution is -2.44. The van der Waals surface area contributed by atoms with E-state index in [0.717, 1.165) is 0 Å². The van der Waals surface area contributed by atoms with Crippen molar-refractivity contribution in [1.29, 1.82) is 0 Å². The Labute approximate surface area is 100 Å². The van der Waals surface area contributed by atoms with Gasteiger partial charge in [-0.1, -0.05) is 13.8 Å². The standard InChI is InChI=1S/C10H16N2O4S/c1-7(2)9(10(13)14)11-17(15,16)8-4-5-12(3)6-8/h4-7,9,11H,1-3H3,(H,13,14). The van der Waals surface area contributed by atoms with Crippen molar-refractivity contribution >= 4 is 16.0 Å². The largest absolute Gasteiger partial charge is 0.480 e. The van der Waals surface area contributed by atoms with E-state index in [1.54, 1.807) is 31.7 Å². The molecule has 0 radical (unpaired) electrons. The fourth-order valence-corrected chi connectivity index (χ4v) is 2.73. The highest BCUT2D eigenvalue weighted by atomic mass is 32.2. The van der Waals surface area contributed by atoms with Crippen molar-refractivity contribution in [3.05, 3.63) is 18.5 Å². The Morgan fingerprint density at radius 3 is 2.41 bits per heavy atom. The molecule has 2 N–H and O–H groups in total. The van der Waals surface area contributed by atoms with Crippen LogP contribution in [0.5, 0.6) is 0 Å². The molecule has 1 unspecified atom stereocenters. The van der Waals surface area contributed by atoms with Gasteiger partial charge in [-0.25, -0.2) is 8.42 Å². The average molecular weight is 260 g/mol. The van der Waals surface area contributed by atoms with Gasteiger partial charge < -0.3 is 9.67 Å². The molecule has 1 aromatic heterocycles. The van der Waals surface area contributed by atoms with Gasteiger partial charge in [0, 0.05) is 19.4 Å². The van der Waals surface area contributed by atoms with Crippen molar-refractivity contribution in [3.8, 4) is 0 Å². The molecule has 1 heterocycles. The number of nitrogens with one attached hydrogen (secondary N) is 1. The lowest BCUT2D eigenvalue weighted by Gasteiger charge is -2.17. The van der Waals surface area contributed by atoms with Crippen LogP contribution in [0.1, 0.15) is 13.8 Å². The molecule has 0 aliphatic heterocycles. The number of aromatic nitrogens is 1. The van der Waals surface area contributed by atoms with Gasteiger partial charge in [0.25, 0.3) is 0 Å². The summed E-state index contributed by atoms with van der Waals surface area (Å²) in [7, 11) is -2.09. The van der Waals surface area contributed by atoms with E-state index in [2.05, 4.69) is 4.72 Å². The van der Waals surface area contributed by atoms with Crippen LogP contribution >= 0.6 is 0 Å². The number of carboxylic acid groups (broad SMARTS) is 1. The summed E-state index contributed by atoms with van der Waals surface area (Å²) < 4.78 is 27.5. The maximum atomic E-state index is 11.9. The molecule has 0 saturated carbocycles. The summed E-state index contributed by atoms with van der Waals surface area (Å²) in [6.07, 6.45) is 3.00. The van der Waals surface area contributed by atoms with Crippen LogP contribution in [0, 0.1) is 5.92 Å². The zero-order valence-corrected chi connectivity index (χ0v) is 10.7. The molecule has 1 atom stereocenters. The van der Waals surface area contributed by atoms with Crippen LogP contribution in [0.25, 0.3) is 0 Å². The van der Waals surface area contributed by atoms with E-state index in [0.29, 0.717) is 0 Å².